The van der Waals surface area contributed by atoms with Gasteiger partial charge in [-0.25, -0.2) is 4.98 Å². The maximum Gasteiger partial charge on any atom is 0.115 e. The molecule has 60 valence electrons. The van der Waals surface area contributed by atoms with Crippen molar-refractivity contribution >= 4 is 0 Å². The van der Waals surface area contributed by atoms with Crippen LogP contribution in [-0.2, 0) is 12.5 Å². The molecular weight excluding hydrogens is 138 g/mol. The van der Waals surface area contributed by atoms with Crippen LogP contribution >= 0.6 is 0 Å². The Bertz CT molecular complexity index is 260. The second-order valence-corrected chi connectivity index (χ2v) is 3.35. The summed E-state index contributed by atoms with van der Waals surface area (Å²) >= 11 is 0. The fraction of sp³-hybridized carbons (Fsp3) is 0.625. The van der Waals surface area contributed by atoms with Gasteiger partial charge in [0, 0.05) is 31.4 Å². The molecule has 0 aromatic carbocycles. The predicted molar refractivity (Wildman–Crippen MR) is 43.2 cm³/mol. The van der Waals surface area contributed by atoms with Crippen molar-refractivity contribution in [3.05, 3.63) is 18.2 Å². The lowest BCUT2D eigenvalue weighted by Crippen LogP contribution is -2.23. The summed E-state index contributed by atoms with van der Waals surface area (Å²) in [5.74, 6) is 1.15. The molecule has 1 aromatic heterocycles. The number of aromatic nitrogens is 2. The first-order valence-corrected chi connectivity index (χ1v) is 3.96. The van der Waals surface area contributed by atoms with Crippen molar-refractivity contribution in [1.29, 1.82) is 0 Å². The third-order valence-corrected chi connectivity index (χ3v) is 2.54. The standard InChI is InChI=1S/C8H13N3/c1-11-5-4-10-7(11)8(6-9)2-3-8/h4-5H,2-3,6,9H2,1H3. The van der Waals surface area contributed by atoms with Gasteiger partial charge in [-0.1, -0.05) is 0 Å². The summed E-state index contributed by atoms with van der Waals surface area (Å²) in [6.07, 6.45) is 6.22. The molecule has 1 aliphatic carbocycles. The molecule has 0 atom stereocenters. The van der Waals surface area contributed by atoms with Crippen LogP contribution in [0.1, 0.15) is 18.7 Å². The van der Waals surface area contributed by atoms with E-state index in [0.29, 0.717) is 0 Å². The van der Waals surface area contributed by atoms with E-state index in [1.54, 1.807) is 0 Å². The third kappa shape index (κ3) is 0.878. The zero-order chi connectivity index (χ0) is 7.90. The molecule has 3 heteroatoms. The first kappa shape index (κ1) is 6.85. The molecule has 1 heterocycles. The average molecular weight is 151 g/mol. The van der Waals surface area contributed by atoms with Crippen LogP contribution in [0.3, 0.4) is 0 Å². The second kappa shape index (κ2) is 2.08. The van der Waals surface area contributed by atoms with Crippen molar-refractivity contribution in [3.63, 3.8) is 0 Å². The molecule has 0 bridgehead atoms. The molecule has 1 aromatic rings. The average Bonchev–Trinajstić information content (AvgIpc) is 2.70. The van der Waals surface area contributed by atoms with Crippen LogP contribution in [0.5, 0.6) is 0 Å². The number of nitrogens with zero attached hydrogens (tertiary/aromatic N) is 2. The molecule has 3 nitrogen and oxygen atoms in total. The fourth-order valence-electron chi connectivity index (χ4n) is 1.55. The van der Waals surface area contributed by atoms with Crippen LogP contribution in [-0.4, -0.2) is 16.1 Å². The van der Waals surface area contributed by atoms with Crippen molar-refractivity contribution in [3.8, 4) is 0 Å². The van der Waals surface area contributed by atoms with Crippen LogP contribution in [0, 0.1) is 0 Å². The zero-order valence-corrected chi connectivity index (χ0v) is 6.75. The molecule has 1 aliphatic rings. The molecule has 1 fully saturated rings. The Kier molecular flexibility index (Phi) is 1.29. The highest BCUT2D eigenvalue weighted by molar-refractivity contribution is 5.19. The normalized spacial score (nSPS) is 20.2. The Morgan fingerprint density at radius 3 is 2.82 bits per heavy atom. The summed E-state index contributed by atoms with van der Waals surface area (Å²) in [6, 6.07) is 0. The van der Waals surface area contributed by atoms with Gasteiger partial charge in [0.15, 0.2) is 0 Å². The Hall–Kier alpha value is -0.830. The van der Waals surface area contributed by atoms with Gasteiger partial charge < -0.3 is 10.3 Å². The van der Waals surface area contributed by atoms with Crippen molar-refractivity contribution in [1.82, 2.24) is 9.55 Å². The van der Waals surface area contributed by atoms with E-state index in [4.69, 9.17) is 5.73 Å². The predicted octanol–water partition coefficient (Wildman–Crippen LogP) is 0.410. The quantitative estimate of drug-likeness (QED) is 0.665. The van der Waals surface area contributed by atoms with E-state index in [9.17, 15) is 0 Å². The van der Waals surface area contributed by atoms with Gasteiger partial charge in [0.1, 0.15) is 5.82 Å². The van der Waals surface area contributed by atoms with E-state index in [-0.39, 0.29) is 5.41 Å². The monoisotopic (exact) mass is 151 g/mol. The number of imidazole rings is 1. The lowest BCUT2D eigenvalue weighted by Gasteiger charge is -2.10. The molecule has 0 saturated heterocycles. The van der Waals surface area contributed by atoms with Crippen molar-refractivity contribution in [2.45, 2.75) is 18.3 Å². The molecule has 2 rings (SSSR count). The Morgan fingerprint density at radius 2 is 2.45 bits per heavy atom. The number of aryl methyl sites for hydroxylation is 1. The number of hydrogen-bond donors (Lipinski definition) is 1. The topological polar surface area (TPSA) is 43.8 Å². The van der Waals surface area contributed by atoms with Gasteiger partial charge in [-0.3, -0.25) is 0 Å². The van der Waals surface area contributed by atoms with E-state index >= 15 is 0 Å². The molecule has 11 heavy (non-hydrogen) atoms. The summed E-state index contributed by atoms with van der Waals surface area (Å²) in [5.41, 5.74) is 5.91. The van der Waals surface area contributed by atoms with Gasteiger partial charge in [0.2, 0.25) is 0 Å². The summed E-state index contributed by atoms with van der Waals surface area (Å²) in [7, 11) is 2.03. The van der Waals surface area contributed by atoms with E-state index in [1.165, 1.54) is 12.8 Å². The highest BCUT2D eigenvalue weighted by Gasteiger charge is 2.45. The SMILES string of the molecule is Cn1ccnc1C1(CN)CC1. The minimum atomic E-state index is 0.234. The number of hydrogen-bond acceptors (Lipinski definition) is 2. The molecule has 2 N–H and O–H groups in total. The molecule has 0 spiro atoms. The van der Waals surface area contributed by atoms with Crippen LogP contribution in [0.25, 0.3) is 0 Å². The van der Waals surface area contributed by atoms with E-state index < -0.39 is 0 Å². The van der Waals surface area contributed by atoms with Gasteiger partial charge in [-0.2, -0.15) is 0 Å². The van der Waals surface area contributed by atoms with Crippen LogP contribution in [0.2, 0.25) is 0 Å². The van der Waals surface area contributed by atoms with Gasteiger partial charge >= 0.3 is 0 Å². The van der Waals surface area contributed by atoms with E-state index in [2.05, 4.69) is 9.55 Å². The van der Waals surface area contributed by atoms with Gasteiger partial charge in [-0.05, 0) is 12.8 Å². The maximum absolute atomic E-state index is 5.68. The maximum atomic E-state index is 5.68. The van der Waals surface area contributed by atoms with Gasteiger partial charge in [0.25, 0.3) is 0 Å². The zero-order valence-electron chi connectivity index (χ0n) is 6.75. The largest absolute Gasteiger partial charge is 0.338 e. The minimum absolute atomic E-state index is 0.234. The van der Waals surface area contributed by atoms with Crippen molar-refractivity contribution in [2.75, 3.05) is 6.54 Å². The van der Waals surface area contributed by atoms with Crippen LogP contribution in [0.4, 0.5) is 0 Å². The van der Waals surface area contributed by atoms with E-state index in [0.717, 1.165) is 12.4 Å². The number of rotatable bonds is 2. The Balaban J connectivity index is 2.35. The molecule has 1 saturated carbocycles. The first-order valence-electron chi connectivity index (χ1n) is 3.96. The molecule has 0 unspecified atom stereocenters. The highest BCUT2D eigenvalue weighted by Crippen LogP contribution is 2.45. The molecule has 0 radical (unpaired) electrons. The lowest BCUT2D eigenvalue weighted by atomic mass is 10.1. The van der Waals surface area contributed by atoms with Crippen molar-refractivity contribution < 1.29 is 0 Å². The summed E-state index contributed by atoms with van der Waals surface area (Å²) in [4.78, 5) is 4.30. The van der Waals surface area contributed by atoms with Crippen molar-refractivity contribution in [2.24, 2.45) is 12.8 Å². The Labute approximate surface area is 66.2 Å². The van der Waals surface area contributed by atoms with Gasteiger partial charge in [-0.15, -0.1) is 0 Å². The smallest absolute Gasteiger partial charge is 0.115 e. The molecule has 0 amide bonds. The summed E-state index contributed by atoms with van der Waals surface area (Å²) in [6.45, 7) is 0.734. The van der Waals surface area contributed by atoms with E-state index in [1.807, 2.05) is 19.4 Å². The second-order valence-electron chi connectivity index (χ2n) is 3.35. The minimum Gasteiger partial charge on any atom is -0.338 e. The molecular formula is C8H13N3. The summed E-state index contributed by atoms with van der Waals surface area (Å²) in [5, 5.41) is 0. The fourth-order valence-corrected chi connectivity index (χ4v) is 1.55. The first-order chi connectivity index (χ1) is 5.28. The number of nitrogens with two attached hydrogens (primary N) is 1. The van der Waals surface area contributed by atoms with Crippen LogP contribution < -0.4 is 5.73 Å². The van der Waals surface area contributed by atoms with Crippen LogP contribution in [0.15, 0.2) is 12.4 Å². The molecule has 0 aliphatic heterocycles. The third-order valence-electron chi connectivity index (χ3n) is 2.54. The highest BCUT2D eigenvalue weighted by atomic mass is 15.1. The van der Waals surface area contributed by atoms with Gasteiger partial charge in [0.05, 0.1) is 0 Å². The lowest BCUT2D eigenvalue weighted by molar-refractivity contribution is 0.614. The summed E-state index contributed by atoms with van der Waals surface area (Å²) < 4.78 is 2.07. The Morgan fingerprint density at radius 1 is 1.73 bits per heavy atom.